The van der Waals surface area contributed by atoms with Gasteiger partial charge in [-0.15, -0.1) is 72.1 Å². The van der Waals surface area contributed by atoms with Crippen molar-refractivity contribution in [3.8, 4) is 0 Å². The van der Waals surface area contributed by atoms with E-state index in [1.54, 1.807) is 0 Å². The van der Waals surface area contributed by atoms with Gasteiger partial charge in [-0.2, -0.15) is 47.2 Å². The van der Waals surface area contributed by atoms with Gasteiger partial charge in [0.2, 0.25) is 0 Å². The number of halogens is 2. The number of allylic oxidation sites excluding steroid dienone is 8. The van der Waals surface area contributed by atoms with E-state index in [-0.39, 0.29) is 68.2 Å². The second-order valence-electron chi connectivity index (χ2n) is 9.13. The Labute approximate surface area is 285 Å². The van der Waals surface area contributed by atoms with Crippen molar-refractivity contribution in [3.05, 3.63) is 133 Å². The van der Waals surface area contributed by atoms with Gasteiger partial charge in [-0.1, -0.05) is 64.5 Å². The van der Waals surface area contributed by atoms with E-state index in [4.69, 9.17) is 0 Å². The quantitative estimate of drug-likeness (QED) is 0.209. The fourth-order valence-electron chi connectivity index (χ4n) is 4.12. The van der Waals surface area contributed by atoms with Crippen LogP contribution in [0.15, 0.2) is 120 Å². The number of fused-ring (bicyclic) bond motifs is 2. The Kier molecular flexibility index (Phi) is 25.8. The Morgan fingerprint density at radius 2 is 1.00 bits per heavy atom. The molecule has 0 N–H and O–H groups in total. The predicted molar refractivity (Wildman–Crippen MR) is 159 cm³/mol. The van der Waals surface area contributed by atoms with Crippen LogP contribution < -0.4 is 24.8 Å². The molecule has 4 aromatic carbocycles. The van der Waals surface area contributed by atoms with Gasteiger partial charge in [0.25, 0.3) is 0 Å². The van der Waals surface area contributed by atoms with Crippen LogP contribution in [0.25, 0.3) is 21.5 Å². The first-order valence-corrected chi connectivity index (χ1v) is 13.5. The van der Waals surface area contributed by atoms with Gasteiger partial charge in [-0.05, 0) is 0 Å². The molecule has 0 fully saturated rings. The summed E-state index contributed by atoms with van der Waals surface area (Å²) in [5.41, 5.74) is 2.83. The van der Waals surface area contributed by atoms with E-state index in [1.807, 2.05) is 0 Å². The van der Waals surface area contributed by atoms with Gasteiger partial charge in [-0.25, -0.2) is 23.3 Å². The Balaban J connectivity index is 0. The number of hydrogen-bond acceptors (Lipinski definition) is 0. The normalized spacial score (nSPS) is 11.9. The van der Waals surface area contributed by atoms with E-state index in [0.717, 1.165) is 12.8 Å². The van der Waals surface area contributed by atoms with Crippen molar-refractivity contribution >= 4 is 21.5 Å². The third-order valence-electron chi connectivity index (χ3n) is 6.23. The molecule has 0 aliphatic heterocycles. The van der Waals surface area contributed by atoms with Gasteiger partial charge in [0.1, 0.15) is 0 Å². The van der Waals surface area contributed by atoms with Crippen LogP contribution >= 0.6 is 0 Å². The molecule has 0 saturated heterocycles. The Morgan fingerprint density at radius 1 is 0.600 bits per heavy atom. The van der Waals surface area contributed by atoms with Crippen molar-refractivity contribution in [2.75, 3.05) is 0 Å². The number of hydrogen-bond donors (Lipinski definition) is 0. The summed E-state index contributed by atoms with van der Waals surface area (Å²) in [7, 11) is 0. The first-order valence-electron chi connectivity index (χ1n) is 13.5. The van der Waals surface area contributed by atoms with Crippen molar-refractivity contribution in [1.82, 2.24) is 0 Å². The van der Waals surface area contributed by atoms with Crippen LogP contribution in [0, 0.1) is 12.2 Å². The van der Waals surface area contributed by atoms with Crippen LogP contribution in [0.3, 0.4) is 0 Å². The van der Waals surface area contributed by atoms with E-state index >= 15 is 0 Å². The molecule has 2 aliphatic rings. The molecule has 40 heavy (non-hydrogen) atoms. The van der Waals surface area contributed by atoms with Gasteiger partial charge in [-0.3, -0.25) is 12.2 Å². The van der Waals surface area contributed by atoms with Crippen molar-refractivity contribution in [2.45, 2.75) is 65.2 Å². The molecular weight excluding hydrogens is 599 g/mol. The molecule has 2 aliphatic carbocycles. The van der Waals surface area contributed by atoms with Crippen LogP contribution in [0.2, 0.25) is 0 Å². The van der Waals surface area contributed by atoms with Crippen molar-refractivity contribution in [1.29, 1.82) is 0 Å². The summed E-state index contributed by atoms with van der Waals surface area (Å²) in [6.07, 6.45) is 25.1. The standard InChI is InChI=1S/2C9H7.2C9H13.2ClH.2Ti/c2*1-2-5-9-7-3-6-8(9)4-1;2*1-2-3-6-9-7-4-5-8-9;;;;/h2*1-7H;2*4,7H,2-3,5-6H2,1H3;2*1H;;/q4*-1;;;2*+2/p-2. The first-order chi connectivity index (χ1) is 17.8. The van der Waals surface area contributed by atoms with Crippen LogP contribution in [-0.4, -0.2) is 0 Å². The predicted octanol–water partition coefficient (Wildman–Crippen LogP) is 4.85. The number of rotatable bonds is 6. The van der Waals surface area contributed by atoms with E-state index in [1.165, 1.54) is 71.2 Å². The topological polar surface area (TPSA) is 0 Å². The summed E-state index contributed by atoms with van der Waals surface area (Å²) in [4.78, 5) is 0. The van der Waals surface area contributed by atoms with Gasteiger partial charge in [0, 0.05) is 0 Å². The van der Waals surface area contributed by atoms with Crippen molar-refractivity contribution < 1.29 is 68.2 Å². The van der Waals surface area contributed by atoms with E-state index in [2.05, 4.69) is 135 Å². The average Bonchev–Trinajstić information content (AvgIpc) is 3.75. The zero-order chi connectivity index (χ0) is 25.3. The van der Waals surface area contributed by atoms with Gasteiger partial charge in [0.15, 0.2) is 0 Å². The summed E-state index contributed by atoms with van der Waals surface area (Å²) < 4.78 is 0. The molecule has 0 amide bonds. The minimum absolute atomic E-state index is 0. The Morgan fingerprint density at radius 3 is 1.32 bits per heavy atom. The monoisotopic (exact) mass is 638 g/mol. The van der Waals surface area contributed by atoms with Crippen molar-refractivity contribution in [3.63, 3.8) is 0 Å². The number of benzene rings is 2. The Hall–Kier alpha value is -1.37. The smallest absolute Gasteiger partial charge is 1.00 e. The molecule has 208 valence electrons. The molecule has 0 heterocycles. The second kappa shape index (κ2) is 25.3. The van der Waals surface area contributed by atoms with E-state index < -0.39 is 0 Å². The second-order valence-corrected chi connectivity index (χ2v) is 9.13. The number of unbranched alkanes of at least 4 members (excludes halogenated alkanes) is 2. The fourth-order valence-corrected chi connectivity index (χ4v) is 4.12. The molecule has 0 saturated carbocycles. The molecule has 0 spiro atoms. The summed E-state index contributed by atoms with van der Waals surface area (Å²) in [6, 6.07) is 29.3. The van der Waals surface area contributed by atoms with Crippen LogP contribution in [-0.2, 0) is 43.4 Å². The molecule has 0 unspecified atom stereocenters. The molecule has 0 atom stereocenters. The third kappa shape index (κ3) is 15.6. The van der Waals surface area contributed by atoms with E-state index in [9.17, 15) is 0 Å². The average molecular weight is 639 g/mol. The minimum atomic E-state index is 0. The molecule has 0 radical (unpaired) electrons. The summed E-state index contributed by atoms with van der Waals surface area (Å²) in [5.74, 6) is 0. The maximum atomic E-state index is 3.30. The molecule has 0 aromatic heterocycles. The molecule has 6 rings (SSSR count). The molecule has 4 aromatic rings. The summed E-state index contributed by atoms with van der Waals surface area (Å²) in [5, 5.41) is 5.32. The third-order valence-corrected chi connectivity index (χ3v) is 6.23. The SMILES string of the molecule is CCCCC1=[C-]CC=C1.CCCCC1=[C-]CC=C1.[Cl-].[Cl-].[Ti+2].[Ti+2].c1ccc2[cH-]ccc2c1.c1ccc2[cH-]ccc2c1. The molecule has 0 bridgehead atoms. The zero-order valence-corrected chi connectivity index (χ0v) is 28.4. The van der Waals surface area contributed by atoms with Crippen LogP contribution in [0.5, 0.6) is 0 Å². The molecule has 4 heteroatoms. The van der Waals surface area contributed by atoms with Crippen molar-refractivity contribution in [2.24, 2.45) is 0 Å². The molecular formula is C36H40Cl2Ti2-2. The van der Waals surface area contributed by atoms with Gasteiger partial charge >= 0.3 is 43.4 Å². The summed E-state index contributed by atoms with van der Waals surface area (Å²) in [6.45, 7) is 4.44. The minimum Gasteiger partial charge on any atom is -1.00 e. The Bertz CT molecular complexity index is 1110. The fraction of sp³-hybridized carbons (Fsp3) is 0.278. The van der Waals surface area contributed by atoms with Gasteiger partial charge in [0.05, 0.1) is 0 Å². The maximum absolute atomic E-state index is 3.30. The summed E-state index contributed by atoms with van der Waals surface area (Å²) >= 11 is 0. The van der Waals surface area contributed by atoms with E-state index in [0.29, 0.717) is 0 Å². The van der Waals surface area contributed by atoms with Crippen LogP contribution in [0.4, 0.5) is 0 Å². The first kappa shape index (κ1) is 40.8. The van der Waals surface area contributed by atoms with Gasteiger partial charge < -0.3 is 24.8 Å². The largest absolute Gasteiger partial charge is 2.00 e. The van der Waals surface area contributed by atoms with Crippen LogP contribution in [0.1, 0.15) is 65.2 Å². The maximum Gasteiger partial charge on any atom is 2.00 e. The molecule has 0 nitrogen and oxygen atoms in total. The zero-order valence-electron chi connectivity index (χ0n) is 23.8.